The van der Waals surface area contributed by atoms with Crippen LogP contribution in [0.25, 0.3) is 0 Å². The number of halogens is 2. The Morgan fingerprint density at radius 1 is 1.22 bits per heavy atom. The highest BCUT2D eigenvalue weighted by molar-refractivity contribution is 9.10. The number of hydrogen-bond donors (Lipinski definition) is 0. The van der Waals surface area contributed by atoms with Gasteiger partial charge in [-0.1, -0.05) is 33.6 Å². The van der Waals surface area contributed by atoms with Crippen molar-refractivity contribution in [1.82, 2.24) is 0 Å². The number of hydrogen-bond acceptors (Lipinski definition) is 4. The summed E-state index contributed by atoms with van der Waals surface area (Å²) in [7, 11) is 0. The fourth-order valence-corrected chi connectivity index (χ4v) is 3.34. The molecule has 3 rings (SSSR count). The third kappa shape index (κ3) is 3.79. The van der Waals surface area contributed by atoms with Crippen LogP contribution < -0.4 is 14.2 Å². The molecule has 2 aromatic rings. The van der Waals surface area contributed by atoms with Crippen molar-refractivity contribution in [3.05, 3.63) is 51.0 Å². The van der Waals surface area contributed by atoms with Crippen molar-refractivity contribution in [1.29, 1.82) is 0 Å². The molecular formula is C17H14BrClO4. The number of carbonyl (C=O) groups excluding carboxylic acids is 1. The van der Waals surface area contributed by atoms with Crippen molar-refractivity contribution in [3.8, 4) is 17.2 Å². The average Bonchev–Trinajstić information content (AvgIpc) is 2.51. The molecule has 120 valence electrons. The number of esters is 1. The van der Waals surface area contributed by atoms with Gasteiger partial charge in [-0.3, -0.25) is 4.79 Å². The maximum absolute atomic E-state index is 12.2. The molecule has 23 heavy (non-hydrogen) atoms. The van der Waals surface area contributed by atoms with Crippen molar-refractivity contribution in [2.45, 2.75) is 13.3 Å². The molecule has 0 N–H and O–H groups in total. The summed E-state index contributed by atoms with van der Waals surface area (Å²) in [5.74, 6) is 1.35. The first kappa shape index (κ1) is 16.1. The minimum absolute atomic E-state index is 0.127. The smallest absolute Gasteiger partial charge is 0.315 e. The van der Waals surface area contributed by atoms with Crippen LogP contribution in [0.5, 0.6) is 17.2 Å². The summed E-state index contributed by atoms with van der Waals surface area (Å²) in [6, 6.07) is 8.96. The predicted octanol–water partition coefficient (Wildman–Crippen LogP) is 4.33. The van der Waals surface area contributed by atoms with Gasteiger partial charge in [-0.2, -0.15) is 0 Å². The third-order valence-electron chi connectivity index (χ3n) is 3.37. The van der Waals surface area contributed by atoms with Crippen LogP contribution in [0.1, 0.15) is 11.1 Å². The molecule has 0 saturated carbocycles. The van der Waals surface area contributed by atoms with Gasteiger partial charge in [0.05, 0.1) is 11.4 Å². The molecule has 0 atom stereocenters. The van der Waals surface area contributed by atoms with Gasteiger partial charge in [0.25, 0.3) is 0 Å². The molecule has 6 heteroatoms. The van der Waals surface area contributed by atoms with E-state index in [4.69, 9.17) is 25.8 Å². The summed E-state index contributed by atoms with van der Waals surface area (Å²) >= 11 is 9.48. The molecule has 1 aliphatic rings. The van der Waals surface area contributed by atoms with E-state index in [0.717, 1.165) is 15.6 Å². The second kappa shape index (κ2) is 6.81. The molecule has 1 heterocycles. The Balaban J connectivity index is 1.73. The van der Waals surface area contributed by atoms with E-state index < -0.39 is 0 Å². The summed E-state index contributed by atoms with van der Waals surface area (Å²) < 4.78 is 17.2. The molecular weight excluding hydrogens is 384 g/mol. The van der Waals surface area contributed by atoms with Crippen LogP contribution in [0.15, 0.2) is 34.8 Å². The Kier molecular flexibility index (Phi) is 4.78. The van der Waals surface area contributed by atoms with Crippen molar-refractivity contribution >= 4 is 33.5 Å². The van der Waals surface area contributed by atoms with Gasteiger partial charge in [0.2, 0.25) is 0 Å². The highest BCUT2D eigenvalue weighted by Gasteiger charge is 2.16. The van der Waals surface area contributed by atoms with E-state index >= 15 is 0 Å². The predicted molar refractivity (Wildman–Crippen MR) is 90.7 cm³/mol. The van der Waals surface area contributed by atoms with E-state index in [0.29, 0.717) is 35.5 Å². The lowest BCUT2D eigenvalue weighted by molar-refractivity contribution is -0.133. The van der Waals surface area contributed by atoms with Crippen LogP contribution in [0.4, 0.5) is 0 Å². The lowest BCUT2D eigenvalue weighted by Gasteiger charge is -2.18. The monoisotopic (exact) mass is 396 g/mol. The van der Waals surface area contributed by atoms with Gasteiger partial charge in [-0.15, -0.1) is 0 Å². The maximum atomic E-state index is 12.2. The van der Waals surface area contributed by atoms with Gasteiger partial charge in [0.15, 0.2) is 17.2 Å². The first-order valence-electron chi connectivity index (χ1n) is 7.08. The van der Waals surface area contributed by atoms with Crippen molar-refractivity contribution in [2.24, 2.45) is 0 Å². The number of ether oxygens (including phenoxy) is 3. The zero-order valence-electron chi connectivity index (χ0n) is 12.4. The van der Waals surface area contributed by atoms with Gasteiger partial charge in [-0.05, 0) is 42.3 Å². The second-order valence-electron chi connectivity index (χ2n) is 5.16. The largest absolute Gasteiger partial charge is 0.486 e. The van der Waals surface area contributed by atoms with E-state index in [1.807, 2.05) is 19.1 Å². The molecule has 0 saturated heterocycles. The molecule has 0 spiro atoms. The number of aryl methyl sites for hydroxylation is 1. The van der Waals surface area contributed by atoms with E-state index in [-0.39, 0.29) is 12.4 Å². The highest BCUT2D eigenvalue weighted by atomic mass is 79.9. The van der Waals surface area contributed by atoms with Crippen LogP contribution >= 0.6 is 27.5 Å². The Hall–Kier alpha value is -1.72. The van der Waals surface area contributed by atoms with Gasteiger partial charge in [0, 0.05) is 4.47 Å². The molecule has 0 amide bonds. The fraction of sp³-hybridized carbons (Fsp3) is 0.235. The fourth-order valence-electron chi connectivity index (χ4n) is 2.33. The van der Waals surface area contributed by atoms with Gasteiger partial charge in [0.1, 0.15) is 13.2 Å². The summed E-state index contributed by atoms with van der Waals surface area (Å²) in [4.78, 5) is 12.2. The zero-order chi connectivity index (χ0) is 16.4. The lowest BCUT2D eigenvalue weighted by Crippen LogP contribution is -2.16. The summed E-state index contributed by atoms with van der Waals surface area (Å²) in [5.41, 5.74) is 1.59. The van der Waals surface area contributed by atoms with Crippen molar-refractivity contribution < 1.29 is 19.0 Å². The topological polar surface area (TPSA) is 44.8 Å². The lowest BCUT2D eigenvalue weighted by atomic mass is 10.1. The summed E-state index contributed by atoms with van der Waals surface area (Å²) in [6.45, 7) is 2.88. The minimum Gasteiger partial charge on any atom is -0.486 e. The molecule has 0 fully saturated rings. The maximum Gasteiger partial charge on any atom is 0.315 e. The third-order valence-corrected chi connectivity index (χ3v) is 4.10. The van der Waals surface area contributed by atoms with Crippen LogP contribution in [-0.2, 0) is 11.2 Å². The first-order chi connectivity index (χ1) is 11.0. The number of carbonyl (C=O) groups is 1. The Morgan fingerprint density at radius 3 is 2.70 bits per heavy atom. The normalized spacial score (nSPS) is 12.8. The highest BCUT2D eigenvalue weighted by Crippen LogP contribution is 2.33. The van der Waals surface area contributed by atoms with Gasteiger partial charge < -0.3 is 14.2 Å². The summed E-state index contributed by atoms with van der Waals surface area (Å²) in [6.07, 6.45) is 0.127. The Morgan fingerprint density at radius 2 is 1.96 bits per heavy atom. The SMILES string of the molecule is Cc1cc(Br)cc(Cl)c1OC(=O)Cc1ccc2c(c1)OCCO2. The molecule has 4 nitrogen and oxygen atoms in total. The quantitative estimate of drug-likeness (QED) is 0.571. The Labute approximate surface area is 147 Å². The van der Waals surface area contributed by atoms with Crippen molar-refractivity contribution in [2.75, 3.05) is 13.2 Å². The molecule has 1 aliphatic heterocycles. The van der Waals surface area contributed by atoms with Crippen LogP contribution in [0.2, 0.25) is 5.02 Å². The molecule has 0 unspecified atom stereocenters. The molecule has 0 aromatic heterocycles. The van der Waals surface area contributed by atoms with Crippen LogP contribution in [0, 0.1) is 6.92 Å². The number of fused-ring (bicyclic) bond motifs is 1. The van der Waals surface area contributed by atoms with E-state index in [9.17, 15) is 4.79 Å². The van der Waals surface area contributed by atoms with E-state index in [1.54, 1.807) is 18.2 Å². The second-order valence-corrected chi connectivity index (χ2v) is 6.49. The zero-order valence-corrected chi connectivity index (χ0v) is 14.7. The molecule has 0 radical (unpaired) electrons. The average molecular weight is 398 g/mol. The minimum atomic E-state index is -0.381. The standard InChI is InChI=1S/C17H14BrClO4/c1-10-6-12(18)9-13(19)17(10)23-16(20)8-11-2-3-14-15(7-11)22-5-4-21-14/h2-3,6-7,9H,4-5,8H2,1H3. The van der Waals surface area contributed by atoms with Crippen molar-refractivity contribution in [3.63, 3.8) is 0 Å². The van der Waals surface area contributed by atoms with Gasteiger partial charge >= 0.3 is 5.97 Å². The van der Waals surface area contributed by atoms with Crippen LogP contribution in [0.3, 0.4) is 0 Å². The van der Waals surface area contributed by atoms with Gasteiger partial charge in [-0.25, -0.2) is 0 Å². The van der Waals surface area contributed by atoms with E-state index in [2.05, 4.69) is 15.9 Å². The molecule has 0 bridgehead atoms. The molecule has 2 aromatic carbocycles. The van der Waals surface area contributed by atoms with E-state index in [1.165, 1.54) is 0 Å². The summed E-state index contributed by atoms with van der Waals surface area (Å²) in [5, 5.41) is 0.396. The first-order valence-corrected chi connectivity index (χ1v) is 8.25. The number of benzene rings is 2. The Bertz CT molecular complexity index is 737. The van der Waals surface area contributed by atoms with Crippen LogP contribution in [-0.4, -0.2) is 19.2 Å². The number of rotatable bonds is 3. The molecule has 0 aliphatic carbocycles.